The zero-order valence-electron chi connectivity index (χ0n) is 15.5. The smallest absolute Gasteiger partial charge is 0.225 e. The van der Waals surface area contributed by atoms with Crippen LogP contribution in [0.25, 0.3) is 0 Å². The quantitative estimate of drug-likeness (QED) is 0.850. The maximum absolute atomic E-state index is 13.0. The molecule has 1 heterocycles. The van der Waals surface area contributed by atoms with Crippen LogP contribution >= 0.6 is 0 Å². The van der Waals surface area contributed by atoms with E-state index >= 15 is 0 Å². The van der Waals surface area contributed by atoms with Gasteiger partial charge in [-0.15, -0.1) is 0 Å². The monoisotopic (exact) mass is 331 g/mol. The fourth-order valence-corrected chi connectivity index (χ4v) is 4.22. The fraction of sp³-hybridized carbons (Fsp3) is 0.737. The lowest BCUT2D eigenvalue weighted by Gasteiger charge is -2.35. The van der Waals surface area contributed by atoms with Crippen LogP contribution < -0.4 is 5.32 Å². The molecule has 0 radical (unpaired) electrons. The summed E-state index contributed by atoms with van der Waals surface area (Å²) in [7, 11) is 0. The third kappa shape index (κ3) is 3.01. The molecule has 132 valence electrons. The number of nitrogens with one attached hydrogen (secondary N) is 1. The predicted molar refractivity (Wildman–Crippen MR) is 92.1 cm³/mol. The minimum absolute atomic E-state index is 0.0182. The molecule has 0 aromatic carbocycles. The molecule has 0 aliphatic heterocycles. The average Bonchev–Trinajstić information content (AvgIpc) is 2.83. The maximum atomic E-state index is 13.0. The van der Waals surface area contributed by atoms with E-state index in [1.54, 1.807) is 6.92 Å². The molecule has 24 heavy (non-hydrogen) atoms. The van der Waals surface area contributed by atoms with E-state index < -0.39 is 5.54 Å². The van der Waals surface area contributed by atoms with E-state index in [2.05, 4.69) is 49.2 Å². The summed E-state index contributed by atoms with van der Waals surface area (Å²) in [6.07, 6.45) is 7.37. The van der Waals surface area contributed by atoms with Gasteiger partial charge in [0.15, 0.2) is 5.82 Å². The van der Waals surface area contributed by atoms with Gasteiger partial charge in [-0.25, -0.2) is 0 Å². The molecule has 2 fully saturated rings. The van der Waals surface area contributed by atoms with Gasteiger partial charge in [-0.1, -0.05) is 49.9 Å². The van der Waals surface area contributed by atoms with E-state index in [-0.39, 0.29) is 17.2 Å². The lowest BCUT2D eigenvalue weighted by atomic mass is 9.80. The molecule has 2 atom stereocenters. The van der Waals surface area contributed by atoms with Gasteiger partial charge in [0.25, 0.3) is 0 Å². The van der Waals surface area contributed by atoms with Gasteiger partial charge in [-0.3, -0.25) is 4.79 Å². The van der Waals surface area contributed by atoms with Crippen molar-refractivity contribution in [2.24, 2.45) is 17.3 Å². The Morgan fingerprint density at radius 3 is 2.46 bits per heavy atom. The van der Waals surface area contributed by atoms with E-state index in [4.69, 9.17) is 4.52 Å². The van der Waals surface area contributed by atoms with Crippen molar-refractivity contribution in [3.63, 3.8) is 0 Å². The molecule has 3 rings (SSSR count). The third-order valence-corrected chi connectivity index (χ3v) is 5.73. The Labute approximate surface area is 144 Å². The minimum atomic E-state index is -0.457. The Hall–Kier alpha value is -1.65. The van der Waals surface area contributed by atoms with Crippen molar-refractivity contribution in [2.45, 2.75) is 72.3 Å². The van der Waals surface area contributed by atoms with Gasteiger partial charge in [0.2, 0.25) is 11.8 Å². The van der Waals surface area contributed by atoms with Gasteiger partial charge < -0.3 is 9.84 Å². The van der Waals surface area contributed by atoms with E-state index in [0.717, 1.165) is 25.7 Å². The number of rotatable bonds is 4. The highest BCUT2D eigenvalue weighted by Gasteiger charge is 2.61. The van der Waals surface area contributed by atoms with E-state index in [1.165, 1.54) is 12.0 Å². The van der Waals surface area contributed by atoms with Crippen LogP contribution in [-0.4, -0.2) is 16.0 Å². The van der Waals surface area contributed by atoms with Crippen LogP contribution in [0.1, 0.15) is 71.5 Å². The standard InChI is InChI=1S/C19H29N3O2/c1-12(2)11-14-15(18(14,4)5)16(23)21-19(9-7-6-8-10-19)17-20-13(3)24-22-17/h11,14-15H,6-10H2,1-5H3,(H,21,23). The van der Waals surface area contributed by atoms with Crippen LogP contribution in [0, 0.1) is 24.2 Å². The average molecular weight is 331 g/mol. The molecular formula is C19H29N3O2. The Morgan fingerprint density at radius 2 is 1.92 bits per heavy atom. The van der Waals surface area contributed by atoms with Crippen molar-refractivity contribution < 1.29 is 9.32 Å². The summed E-state index contributed by atoms with van der Waals surface area (Å²) >= 11 is 0. The minimum Gasteiger partial charge on any atom is -0.343 e. The molecular weight excluding hydrogens is 302 g/mol. The van der Waals surface area contributed by atoms with Crippen molar-refractivity contribution in [1.82, 2.24) is 15.5 Å². The normalized spacial score (nSPS) is 27.4. The maximum Gasteiger partial charge on any atom is 0.225 e. The third-order valence-electron chi connectivity index (χ3n) is 5.73. The summed E-state index contributed by atoms with van der Waals surface area (Å²) in [4.78, 5) is 17.5. The lowest BCUT2D eigenvalue weighted by Crippen LogP contribution is -2.49. The molecule has 0 bridgehead atoms. The second-order valence-electron chi connectivity index (χ2n) is 8.34. The Bertz CT molecular complexity index is 649. The van der Waals surface area contributed by atoms with Gasteiger partial charge >= 0.3 is 0 Å². The highest BCUT2D eigenvalue weighted by Crippen LogP contribution is 2.59. The number of hydrogen-bond donors (Lipinski definition) is 1. The Balaban J connectivity index is 1.81. The molecule has 0 saturated heterocycles. The van der Waals surface area contributed by atoms with E-state index in [1.807, 2.05) is 0 Å². The zero-order chi connectivity index (χ0) is 17.5. The predicted octanol–water partition coefficient (Wildman–Crippen LogP) is 3.89. The largest absolute Gasteiger partial charge is 0.343 e. The van der Waals surface area contributed by atoms with E-state index in [9.17, 15) is 4.79 Å². The van der Waals surface area contributed by atoms with Crippen LogP contribution in [0.4, 0.5) is 0 Å². The molecule has 5 nitrogen and oxygen atoms in total. The zero-order valence-corrected chi connectivity index (χ0v) is 15.5. The topological polar surface area (TPSA) is 68.0 Å². The van der Waals surface area contributed by atoms with Crippen molar-refractivity contribution in [1.29, 1.82) is 0 Å². The summed E-state index contributed by atoms with van der Waals surface area (Å²) in [5.41, 5.74) is 0.829. The molecule has 2 aliphatic rings. The highest BCUT2D eigenvalue weighted by atomic mass is 16.5. The van der Waals surface area contributed by atoms with Crippen molar-refractivity contribution in [2.75, 3.05) is 0 Å². The first-order chi connectivity index (χ1) is 11.3. The van der Waals surface area contributed by atoms with Crippen LogP contribution in [0.2, 0.25) is 0 Å². The fourth-order valence-electron chi connectivity index (χ4n) is 4.22. The molecule has 0 spiro atoms. The Kier molecular flexibility index (Phi) is 4.30. The van der Waals surface area contributed by atoms with Crippen LogP contribution in [0.15, 0.2) is 16.2 Å². The van der Waals surface area contributed by atoms with Gasteiger partial charge in [-0.05, 0) is 38.0 Å². The molecule has 2 unspecified atom stereocenters. The number of nitrogens with zero attached hydrogens (tertiary/aromatic N) is 2. The van der Waals surface area contributed by atoms with E-state index in [0.29, 0.717) is 17.6 Å². The molecule has 2 saturated carbocycles. The summed E-state index contributed by atoms with van der Waals surface area (Å²) < 4.78 is 5.19. The number of hydrogen-bond acceptors (Lipinski definition) is 4. The molecule has 2 aliphatic carbocycles. The number of aromatic nitrogens is 2. The number of amides is 1. The van der Waals surface area contributed by atoms with Crippen molar-refractivity contribution in [3.8, 4) is 0 Å². The first kappa shape index (κ1) is 17.2. The first-order valence-electron chi connectivity index (χ1n) is 9.04. The van der Waals surface area contributed by atoms with Gasteiger partial charge in [0, 0.05) is 6.92 Å². The Morgan fingerprint density at radius 1 is 1.25 bits per heavy atom. The van der Waals surface area contributed by atoms with Gasteiger partial charge in [0.1, 0.15) is 5.54 Å². The van der Waals surface area contributed by atoms with Gasteiger partial charge in [-0.2, -0.15) is 4.98 Å². The summed E-state index contributed by atoms with van der Waals surface area (Å²) in [5, 5.41) is 7.47. The SMILES string of the molecule is CC(C)=CC1C(C(=O)NC2(c3noc(C)n3)CCCCC2)C1(C)C. The number of allylic oxidation sites excluding steroid dienone is 2. The molecule has 1 N–H and O–H groups in total. The molecule has 5 heteroatoms. The summed E-state index contributed by atoms with van der Waals surface area (Å²) in [5.74, 6) is 1.67. The van der Waals surface area contributed by atoms with Crippen LogP contribution in [0.5, 0.6) is 0 Å². The summed E-state index contributed by atoms with van der Waals surface area (Å²) in [6.45, 7) is 10.3. The number of aryl methyl sites for hydroxylation is 1. The summed E-state index contributed by atoms with van der Waals surface area (Å²) in [6, 6.07) is 0. The highest BCUT2D eigenvalue weighted by molar-refractivity contribution is 5.84. The number of carbonyl (C=O) groups excluding carboxylic acids is 1. The number of carbonyl (C=O) groups is 1. The first-order valence-corrected chi connectivity index (χ1v) is 9.04. The second-order valence-corrected chi connectivity index (χ2v) is 8.34. The van der Waals surface area contributed by atoms with Crippen molar-refractivity contribution in [3.05, 3.63) is 23.4 Å². The molecule has 1 amide bonds. The second kappa shape index (κ2) is 6.01. The molecule has 1 aromatic rings. The molecule has 1 aromatic heterocycles. The van der Waals surface area contributed by atoms with Crippen molar-refractivity contribution >= 4 is 5.91 Å². The lowest BCUT2D eigenvalue weighted by molar-refractivity contribution is -0.125. The van der Waals surface area contributed by atoms with Crippen LogP contribution in [-0.2, 0) is 10.3 Å². The van der Waals surface area contributed by atoms with Crippen LogP contribution in [0.3, 0.4) is 0 Å². The van der Waals surface area contributed by atoms with Gasteiger partial charge in [0.05, 0.1) is 5.92 Å².